The van der Waals surface area contributed by atoms with Gasteiger partial charge in [-0.15, -0.1) is 5.73 Å². The first-order valence-electron chi connectivity index (χ1n) is 6.18. The van der Waals surface area contributed by atoms with E-state index in [0.717, 1.165) is 0 Å². The van der Waals surface area contributed by atoms with Crippen molar-refractivity contribution in [2.24, 2.45) is 0 Å². The van der Waals surface area contributed by atoms with Crippen molar-refractivity contribution in [2.75, 3.05) is 0 Å². The lowest BCUT2D eigenvalue weighted by molar-refractivity contribution is 0.0542. The average Bonchev–Trinajstić information content (AvgIpc) is 1.93. The third-order valence-electron chi connectivity index (χ3n) is 0.981. The smallest absolute Gasteiger partial charge is 0.299 e. The van der Waals surface area contributed by atoms with Crippen LogP contribution in [0.3, 0.4) is 0 Å². The van der Waals surface area contributed by atoms with Gasteiger partial charge in [-0.05, 0) is 41.5 Å². The van der Waals surface area contributed by atoms with Crippen molar-refractivity contribution >= 4 is 7.60 Å². The summed E-state index contributed by atoms with van der Waals surface area (Å²) >= 11 is 0. The monoisotopic (exact) mass is 235 g/mol. The Bertz CT molecular complexity index is 388. The molecule has 0 aromatic carbocycles. The molecule has 0 amide bonds. The summed E-state index contributed by atoms with van der Waals surface area (Å²) in [6.07, 6.45) is 0. The maximum Gasteiger partial charge on any atom is 0.362 e. The Morgan fingerprint density at radius 3 is 1.93 bits per heavy atom. The molecule has 0 atom stereocenters. The minimum Gasteiger partial charge on any atom is -0.299 e. The van der Waals surface area contributed by atoms with Crippen LogP contribution in [-0.2, 0) is 13.6 Å². The van der Waals surface area contributed by atoms with Crippen LogP contribution in [0.2, 0.25) is 0 Å². The Morgan fingerprint density at radius 1 is 1.27 bits per heavy atom. The Hall–Kier alpha value is -0.330. The third-order valence-corrected chi connectivity index (χ3v) is 2.94. The van der Waals surface area contributed by atoms with Gasteiger partial charge in [0.25, 0.3) is 0 Å². The first-order chi connectivity index (χ1) is 7.75. The highest BCUT2D eigenvalue weighted by atomic mass is 31.2. The van der Waals surface area contributed by atoms with Crippen LogP contribution in [0.4, 0.5) is 0 Å². The summed E-state index contributed by atoms with van der Waals surface area (Å²) in [6, 6.07) is 0. The molecule has 0 bridgehead atoms. The predicted molar refractivity (Wildman–Crippen MR) is 63.0 cm³/mol. The largest absolute Gasteiger partial charge is 0.362 e. The van der Waals surface area contributed by atoms with Crippen molar-refractivity contribution in [3.05, 3.63) is 18.1 Å². The Kier molecular flexibility index (Phi) is 3.07. The van der Waals surface area contributed by atoms with Gasteiger partial charge in [0, 0.05) is 0 Å². The van der Waals surface area contributed by atoms with Crippen LogP contribution in [0.5, 0.6) is 0 Å². The molecule has 0 aliphatic heterocycles. The summed E-state index contributed by atoms with van der Waals surface area (Å²) in [5.74, 6) is -0.604. The van der Waals surface area contributed by atoms with Crippen LogP contribution in [0, 0.1) is 0 Å². The van der Waals surface area contributed by atoms with E-state index in [0.29, 0.717) is 0 Å². The standard InChI is InChI=1S/C11H21O3P/c1-8-9-15(12,13-10(2,3)4)14-11(5,6)7/h9H,1H2,2-7H3/i1D2,9D. The first-order valence-corrected chi connectivity index (χ1v) is 6.22. The maximum absolute atomic E-state index is 12.6. The fourth-order valence-corrected chi connectivity index (χ4v) is 2.56. The summed E-state index contributed by atoms with van der Waals surface area (Å²) in [5, 5.41) is 0. The summed E-state index contributed by atoms with van der Waals surface area (Å²) in [5.41, 5.74) is 0.491. The van der Waals surface area contributed by atoms with E-state index in [1.807, 2.05) is 5.73 Å². The lowest BCUT2D eigenvalue weighted by Gasteiger charge is -2.29. The fraction of sp³-hybridized carbons (Fsp3) is 0.727. The zero-order valence-corrected chi connectivity index (χ0v) is 11.1. The van der Waals surface area contributed by atoms with Gasteiger partial charge in [-0.3, -0.25) is 13.6 Å². The second kappa shape index (κ2) is 4.67. The summed E-state index contributed by atoms with van der Waals surface area (Å²) in [6.45, 7) is 9.37. The highest BCUT2D eigenvalue weighted by Crippen LogP contribution is 2.55. The van der Waals surface area contributed by atoms with Crippen molar-refractivity contribution in [1.29, 1.82) is 0 Å². The first kappa shape index (κ1) is 9.86. The number of hydrogen-bond donors (Lipinski definition) is 0. The van der Waals surface area contributed by atoms with Gasteiger partial charge in [-0.25, -0.2) is 0 Å². The molecule has 88 valence electrons. The highest BCUT2D eigenvalue weighted by molar-refractivity contribution is 7.57. The third kappa shape index (κ3) is 7.58. The summed E-state index contributed by atoms with van der Waals surface area (Å²) < 4.78 is 44.8. The molecule has 4 heteroatoms. The summed E-state index contributed by atoms with van der Waals surface area (Å²) in [7, 11) is -3.90. The SMILES string of the molecule is [2H]C([2H])=C=C([2H])P(=O)(OC(C)(C)C)OC(C)(C)C. The molecule has 0 radical (unpaired) electrons. The van der Waals surface area contributed by atoms with Gasteiger partial charge in [0.15, 0.2) is 0 Å². The van der Waals surface area contributed by atoms with Crippen LogP contribution in [-0.4, -0.2) is 11.2 Å². The predicted octanol–water partition coefficient (Wildman–Crippen LogP) is 4.11. The zero-order valence-electron chi connectivity index (χ0n) is 13.2. The van der Waals surface area contributed by atoms with E-state index < -0.39 is 31.1 Å². The molecular formula is C11H21O3P. The van der Waals surface area contributed by atoms with Crippen LogP contribution < -0.4 is 0 Å². The van der Waals surface area contributed by atoms with Gasteiger partial charge in [0.2, 0.25) is 0 Å². The molecule has 0 aromatic heterocycles. The lowest BCUT2D eigenvalue weighted by Crippen LogP contribution is -2.23. The van der Waals surface area contributed by atoms with Crippen molar-refractivity contribution in [3.63, 3.8) is 0 Å². The van der Waals surface area contributed by atoms with Crippen LogP contribution in [0.25, 0.3) is 0 Å². The Labute approximate surface area is 96.9 Å². The molecule has 0 unspecified atom stereocenters. The van der Waals surface area contributed by atoms with E-state index in [4.69, 9.17) is 13.2 Å². The molecule has 3 nitrogen and oxygen atoms in total. The number of rotatable bonds is 3. The van der Waals surface area contributed by atoms with Gasteiger partial charge in [0.1, 0.15) is 0 Å². The van der Waals surface area contributed by atoms with Crippen molar-refractivity contribution in [3.8, 4) is 0 Å². The molecule has 0 aliphatic rings. The van der Waals surface area contributed by atoms with E-state index >= 15 is 0 Å². The molecule has 0 N–H and O–H groups in total. The quantitative estimate of drug-likeness (QED) is 0.545. The second-order valence-electron chi connectivity index (χ2n) is 5.14. The van der Waals surface area contributed by atoms with Crippen LogP contribution >= 0.6 is 7.60 Å². The second-order valence-corrected chi connectivity index (χ2v) is 6.73. The van der Waals surface area contributed by atoms with Crippen LogP contribution in [0.1, 0.15) is 45.7 Å². The topological polar surface area (TPSA) is 35.5 Å². The molecule has 0 rings (SSSR count). The molecule has 0 aromatic rings. The molecule has 0 saturated carbocycles. The fourth-order valence-electron chi connectivity index (χ4n) is 0.854. The van der Waals surface area contributed by atoms with Gasteiger partial charge < -0.3 is 0 Å². The minimum atomic E-state index is -3.90. The molecular weight excluding hydrogens is 211 g/mol. The van der Waals surface area contributed by atoms with Gasteiger partial charge >= 0.3 is 7.60 Å². The lowest BCUT2D eigenvalue weighted by atomic mass is 10.2. The van der Waals surface area contributed by atoms with E-state index in [1.54, 1.807) is 41.5 Å². The number of hydrogen-bond acceptors (Lipinski definition) is 3. The normalized spacial score (nSPS) is 16.0. The molecule has 15 heavy (non-hydrogen) atoms. The van der Waals surface area contributed by atoms with Crippen molar-refractivity contribution in [1.82, 2.24) is 0 Å². The van der Waals surface area contributed by atoms with Crippen molar-refractivity contribution in [2.45, 2.75) is 52.7 Å². The van der Waals surface area contributed by atoms with Gasteiger partial charge in [-0.2, -0.15) is 0 Å². The molecule has 0 saturated heterocycles. The van der Waals surface area contributed by atoms with E-state index in [2.05, 4.69) is 0 Å². The van der Waals surface area contributed by atoms with Crippen LogP contribution in [0.15, 0.2) is 18.1 Å². The van der Waals surface area contributed by atoms with E-state index in [-0.39, 0.29) is 0 Å². The Balaban J connectivity index is 5.59. The molecule has 0 fully saturated rings. The molecule has 0 aliphatic carbocycles. The van der Waals surface area contributed by atoms with E-state index in [1.165, 1.54) is 0 Å². The Morgan fingerprint density at radius 2 is 1.67 bits per heavy atom. The zero-order chi connectivity index (χ0) is 14.8. The molecule has 0 spiro atoms. The molecule has 0 heterocycles. The maximum atomic E-state index is 12.6. The van der Waals surface area contributed by atoms with Crippen molar-refractivity contribution < 1.29 is 17.7 Å². The minimum absolute atomic E-state index is 0.604. The van der Waals surface area contributed by atoms with E-state index in [9.17, 15) is 4.57 Å². The summed E-state index contributed by atoms with van der Waals surface area (Å²) in [4.78, 5) is 0. The van der Waals surface area contributed by atoms with Gasteiger partial charge in [0.05, 0.1) is 21.1 Å². The highest BCUT2D eigenvalue weighted by Gasteiger charge is 2.32. The van der Waals surface area contributed by atoms with Gasteiger partial charge in [-0.1, -0.05) is 6.53 Å². The average molecular weight is 235 g/mol.